The first kappa shape index (κ1) is 21.5. The van der Waals surface area contributed by atoms with E-state index in [0.29, 0.717) is 11.3 Å². The zero-order chi connectivity index (χ0) is 21.7. The number of nitrogens with zero attached hydrogens (tertiary/aromatic N) is 3. The summed E-state index contributed by atoms with van der Waals surface area (Å²) in [7, 11) is 1.50. The molecular weight excluding hydrogens is 410 g/mol. The normalized spacial score (nSPS) is 15.8. The Labute approximate surface area is 178 Å². The molecule has 158 valence electrons. The maximum absolute atomic E-state index is 13.2. The van der Waals surface area contributed by atoms with E-state index in [9.17, 15) is 14.4 Å². The quantitative estimate of drug-likeness (QED) is 0.651. The van der Waals surface area contributed by atoms with Crippen LogP contribution in [0.15, 0.2) is 42.6 Å². The molecule has 1 aromatic heterocycles. The zero-order valence-electron chi connectivity index (χ0n) is 16.4. The van der Waals surface area contributed by atoms with Gasteiger partial charge in [-0.15, -0.1) is 0 Å². The molecule has 3 rings (SSSR count). The highest BCUT2D eigenvalue weighted by Gasteiger charge is 2.43. The van der Waals surface area contributed by atoms with Crippen molar-refractivity contribution >= 4 is 29.3 Å². The van der Waals surface area contributed by atoms with Gasteiger partial charge in [0.05, 0.1) is 12.7 Å². The fraction of sp³-hybridized carbons (Fsp3) is 0.300. The largest absolute Gasteiger partial charge is 0.497 e. The van der Waals surface area contributed by atoms with Gasteiger partial charge in [0.2, 0.25) is 0 Å². The molecule has 9 nitrogen and oxygen atoms in total. The Morgan fingerprint density at radius 3 is 2.47 bits per heavy atom. The number of ether oxygens (including phenoxy) is 1. The van der Waals surface area contributed by atoms with E-state index in [-0.39, 0.29) is 42.8 Å². The number of carbonyl (C=O) groups excluding carboxylic acids is 3. The Balaban J connectivity index is 1.90. The molecule has 1 aliphatic rings. The van der Waals surface area contributed by atoms with Gasteiger partial charge < -0.3 is 25.6 Å². The molecule has 0 saturated carbocycles. The van der Waals surface area contributed by atoms with E-state index in [1.54, 1.807) is 24.3 Å². The van der Waals surface area contributed by atoms with Gasteiger partial charge in [-0.05, 0) is 30.3 Å². The van der Waals surface area contributed by atoms with Crippen molar-refractivity contribution < 1.29 is 19.1 Å². The maximum atomic E-state index is 13.2. The van der Waals surface area contributed by atoms with E-state index in [2.05, 4.69) is 10.3 Å². The molecule has 0 bridgehead atoms. The van der Waals surface area contributed by atoms with Crippen LogP contribution in [0.4, 0.5) is 0 Å². The van der Waals surface area contributed by atoms with Crippen LogP contribution in [0.3, 0.4) is 0 Å². The average Bonchev–Trinajstić information content (AvgIpc) is 3.22. The van der Waals surface area contributed by atoms with Crippen molar-refractivity contribution in [3.05, 3.63) is 58.9 Å². The van der Waals surface area contributed by atoms with Crippen LogP contribution in [0.5, 0.6) is 5.75 Å². The maximum Gasteiger partial charge on any atom is 0.263 e. The highest BCUT2D eigenvalue weighted by Crippen LogP contribution is 2.23. The molecule has 1 aliphatic heterocycles. The number of nitrogens with one attached hydrogen (secondary N) is 1. The number of rotatable bonds is 6. The second kappa shape index (κ2) is 9.55. The minimum Gasteiger partial charge on any atom is -0.497 e. The van der Waals surface area contributed by atoms with E-state index in [1.807, 2.05) is 0 Å². The van der Waals surface area contributed by atoms with E-state index in [0.717, 1.165) is 0 Å². The summed E-state index contributed by atoms with van der Waals surface area (Å²) >= 11 is 5.79. The van der Waals surface area contributed by atoms with Crippen LogP contribution < -0.4 is 15.8 Å². The summed E-state index contributed by atoms with van der Waals surface area (Å²) in [6.07, 6.45) is 0.227. The Morgan fingerprint density at radius 2 is 1.87 bits per heavy atom. The molecule has 2 aromatic rings. The molecule has 3 N–H and O–H groups in total. The number of carbonyl (C=O) groups is 3. The van der Waals surface area contributed by atoms with Crippen molar-refractivity contribution in [2.75, 3.05) is 33.3 Å². The summed E-state index contributed by atoms with van der Waals surface area (Å²) in [6.45, 7) is 0.847. The third-order valence-electron chi connectivity index (χ3n) is 4.66. The van der Waals surface area contributed by atoms with Gasteiger partial charge >= 0.3 is 0 Å². The van der Waals surface area contributed by atoms with Gasteiger partial charge in [-0.1, -0.05) is 17.7 Å². The molecule has 30 heavy (non-hydrogen) atoms. The van der Waals surface area contributed by atoms with Gasteiger partial charge in [-0.3, -0.25) is 14.4 Å². The lowest BCUT2D eigenvalue weighted by Crippen LogP contribution is -2.54. The summed E-state index contributed by atoms with van der Waals surface area (Å²) in [4.78, 5) is 45.7. The van der Waals surface area contributed by atoms with Crippen molar-refractivity contribution in [2.45, 2.75) is 6.17 Å². The number of nitrogens with two attached hydrogens (primary N) is 1. The molecule has 2 heterocycles. The molecule has 3 amide bonds. The summed E-state index contributed by atoms with van der Waals surface area (Å²) in [5.41, 5.74) is 6.11. The number of amides is 3. The van der Waals surface area contributed by atoms with Crippen LogP contribution in [0, 0.1) is 0 Å². The van der Waals surface area contributed by atoms with Crippen molar-refractivity contribution in [3.8, 4) is 5.75 Å². The topological polar surface area (TPSA) is 118 Å². The van der Waals surface area contributed by atoms with Crippen LogP contribution in [-0.4, -0.2) is 72.0 Å². The standard InChI is InChI=1S/C20H22ClN5O4/c1-30-15-4-2-3-13(11-15)19(28)25-9-10-26(18(25)17(27)23-8-7-22)20(29)14-5-6-16(21)24-12-14/h2-6,11-12,18H,7-10,22H2,1H3,(H,23,27). The van der Waals surface area contributed by atoms with Crippen LogP contribution in [0.25, 0.3) is 0 Å². The lowest BCUT2D eigenvalue weighted by atomic mass is 10.1. The van der Waals surface area contributed by atoms with Crippen LogP contribution in [0.2, 0.25) is 5.15 Å². The fourth-order valence-corrected chi connectivity index (χ4v) is 3.33. The smallest absolute Gasteiger partial charge is 0.263 e. The summed E-state index contributed by atoms with van der Waals surface area (Å²) in [6, 6.07) is 9.65. The van der Waals surface area contributed by atoms with Crippen molar-refractivity contribution in [1.82, 2.24) is 20.1 Å². The van der Waals surface area contributed by atoms with Crippen molar-refractivity contribution in [3.63, 3.8) is 0 Å². The van der Waals surface area contributed by atoms with E-state index in [4.69, 9.17) is 22.1 Å². The first-order valence-corrected chi connectivity index (χ1v) is 9.69. The molecule has 0 aliphatic carbocycles. The Bertz CT molecular complexity index is 937. The van der Waals surface area contributed by atoms with Gasteiger partial charge in [0.1, 0.15) is 10.9 Å². The number of halogens is 1. The minimum atomic E-state index is -1.11. The van der Waals surface area contributed by atoms with Crippen LogP contribution >= 0.6 is 11.6 Å². The number of benzene rings is 1. The van der Waals surface area contributed by atoms with Crippen LogP contribution in [0.1, 0.15) is 20.7 Å². The number of aromatic nitrogens is 1. The monoisotopic (exact) mass is 431 g/mol. The molecule has 1 unspecified atom stereocenters. The van der Waals surface area contributed by atoms with Crippen LogP contribution in [-0.2, 0) is 4.79 Å². The Morgan fingerprint density at radius 1 is 1.17 bits per heavy atom. The molecule has 1 atom stereocenters. The summed E-state index contributed by atoms with van der Waals surface area (Å²) < 4.78 is 5.18. The third kappa shape index (κ3) is 4.52. The first-order chi connectivity index (χ1) is 14.5. The first-order valence-electron chi connectivity index (χ1n) is 9.31. The van der Waals surface area contributed by atoms with E-state index >= 15 is 0 Å². The van der Waals surface area contributed by atoms with E-state index < -0.39 is 18.0 Å². The molecule has 10 heteroatoms. The van der Waals surface area contributed by atoms with Gasteiger partial charge in [0.15, 0.2) is 6.17 Å². The number of hydrogen-bond acceptors (Lipinski definition) is 6. The third-order valence-corrected chi connectivity index (χ3v) is 4.89. The lowest BCUT2D eigenvalue weighted by molar-refractivity contribution is -0.128. The Hall–Kier alpha value is -3.17. The second-order valence-electron chi connectivity index (χ2n) is 6.55. The highest BCUT2D eigenvalue weighted by atomic mass is 35.5. The predicted molar refractivity (Wildman–Crippen MR) is 110 cm³/mol. The summed E-state index contributed by atoms with van der Waals surface area (Å²) in [5, 5.41) is 2.92. The molecular formula is C20H22ClN5O4. The predicted octanol–water partition coefficient (Wildman–Crippen LogP) is 0.743. The van der Waals surface area contributed by atoms with E-state index in [1.165, 1.54) is 35.2 Å². The van der Waals surface area contributed by atoms with Gasteiger partial charge in [0.25, 0.3) is 17.7 Å². The molecule has 0 radical (unpaired) electrons. The SMILES string of the molecule is COc1cccc(C(=O)N2CCN(C(=O)c3ccc(Cl)nc3)C2C(=O)NCCN)c1. The summed E-state index contributed by atoms with van der Waals surface area (Å²) in [5.74, 6) is -0.770. The Kier molecular flexibility index (Phi) is 6.86. The van der Waals surface area contributed by atoms with Crippen molar-refractivity contribution in [1.29, 1.82) is 0 Å². The fourth-order valence-electron chi connectivity index (χ4n) is 3.21. The van der Waals surface area contributed by atoms with Gasteiger partial charge in [-0.2, -0.15) is 0 Å². The number of pyridine rings is 1. The zero-order valence-corrected chi connectivity index (χ0v) is 17.1. The number of hydrogen-bond donors (Lipinski definition) is 2. The number of methoxy groups -OCH3 is 1. The molecule has 1 saturated heterocycles. The van der Waals surface area contributed by atoms with Crippen molar-refractivity contribution in [2.24, 2.45) is 5.73 Å². The lowest BCUT2D eigenvalue weighted by Gasteiger charge is -2.29. The molecule has 1 aromatic carbocycles. The molecule has 0 spiro atoms. The van der Waals surface area contributed by atoms with Gasteiger partial charge in [-0.25, -0.2) is 4.98 Å². The van der Waals surface area contributed by atoms with Gasteiger partial charge in [0, 0.05) is 37.9 Å². The molecule has 1 fully saturated rings. The highest BCUT2D eigenvalue weighted by molar-refractivity contribution is 6.29. The average molecular weight is 432 g/mol. The second-order valence-corrected chi connectivity index (χ2v) is 6.94. The minimum absolute atomic E-state index is 0.192.